The van der Waals surface area contributed by atoms with E-state index < -0.39 is 29.0 Å². The molecular formula is C20H25NO9. The van der Waals surface area contributed by atoms with Crippen molar-refractivity contribution in [3.8, 4) is 11.5 Å². The van der Waals surface area contributed by atoms with Crippen LogP contribution >= 0.6 is 0 Å². The Balaban J connectivity index is 2.24. The smallest absolute Gasteiger partial charge is 0.504 e. The summed E-state index contributed by atoms with van der Waals surface area (Å²) in [5.41, 5.74) is -1.97. The first-order valence-corrected chi connectivity index (χ1v) is 9.08. The number of phenolic OH excluding ortho intramolecular Hbond substituents is 2. The molecule has 1 heterocycles. The lowest BCUT2D eigenvalue weighted by atomic mass is 9.92. The summed E-state index contributed by atoms with van der Waals surface area (Å²) < 4.78 is 20.0. The van der Waals surface area contributed by atoms with Gasteiger partial charge in [0, 0.05) is 6.42 Å². The Labute approximate surface area is 172 Å². The lowest BCUT2D eigenvalue weighted by molar-refractivity contribution is -0.153. The quantitative estimate of drug-likeness (QED) is 0.470. The van der Waals surface area contributed by atoms with Gasteiger partial charge in [-0.15, -0.1) is 0 Å². The van der Waals surface area contributed by atoms with Gasteiger partial charge in [0.15, 0.2) is 29.6 Å². The molecule has 10 nitrogen and oxygen atoms in total. The molecule has 1 aromatic carbocycles. The van der Waals surface area contributed by atoms with Crippen LogP contribution in [-0.4, -0.2) is 33.4 Å². The number of hydrogen-bond acceptors (Lipinski definition) is 9. The van der Waals surface area contributed by atoms with Gasteiger partial charge in [0.1, 0.15) is 11.1 Å². The third-order valence-electron chi connectivity index (χ3n) is 3.99. The largest absolute Gasteiger partial charge is 0.519 e. The van der Waals surface area contributed by atoms with Crippen LogP contribution in [0.1, 0.15) is 44.8 Å². The van der Waals surface area contributed by atoms with E-state index in [9.17, 15) is 24.6 Å². The Kier molecular flexibility index (Phi) is 6.49. The Morgan fingerprint density at radius 1 is 1.10 bits per heavy atom. The van der Waals surface area contributed by atoms with Crippen molar-refractivity contribution in [2.75, 3.05) is 0 Å². The van der Waals surface area contributed by atoms with E-state index in [0.717, 1.165) is 0 Å². The van der Waals surface area contributed by atoms with Gasteiger partial charge in [-0.1, -0.05) is 6.07 Å². The van der Waals surface area contributed by atoms with E-state index in [0.29, 0.717) is 5.56 Å². The number of phenols is 2. The van der Waals surface area contributed by atoms with Crippen LogP contribution in [0.4, 0.5) is 4.79 Å². The highest BCUT2D eigenvalue weighted by Gasteiger charge is 2.39. The number of carbonyl (C=O) groups excluding carboxylic acids is 2. The van der Waals surface area contributed by atoms with Gasteiger partial charge in [0.05, 0.1) is 0 Å². The topological polar surface area (TPSA) is 148 Å². The molecule has 164 valence electrons. The van der Waals surface area contributed by atoms with Crippen LogP contribution in [0.3, 0.4) is 0 Å². The van der Waals surface area contributed by atoms with Gasteiger partial charge in [0.2, 0.25) is 0 Å². The molecule has 2 rings (SSSR count). The second-order valence-corrected chi connectivity index (χ2v) is 7.97. The van der Waals surface area contributed by atoms with Crippen LogP contribution in [-0.2, 0) is 27.3 Å². The van der Waals surface area contributed by atoms with E-state index in [4.69, 9.17) is 18.3 Å². The summed E-state index contributed by atoms with van der Waals surface area (Å²) >= 11 is 0. The van der Waals surface area contributed by atoms with E-state index in [-0.39, 0.29) is 36.0 Å². The molecule has 0 saturated carbocycles. The number of rotatable bonds is 6. The second kappa shape index (κ2) is 8.52. The van der Waals surface area contributed by atoms with Gasteiger partial charge < -0.3 is 33.8 Å². The number of esters is 1. The number of aromatic hydroxyl groups is 2. The lowest BCUT2D eigenvalue weighted by Gasteiger charge is -2.30. The molecule has 0 radical (unpaired) electrons. The predicted molar refractivity (Wildman–Crippen MR) is 103 cm³/mol. The second-order valence-electron chi connectivity index (χ2n) is 7.97. The number of ether oxygens (including phenoxy) is 2. The third-order valence-corrected chi connectivity index (χ3v) is 3.99. The molecule has 0 aliphatic rings. The maximum Gasteiger partial charge on any atom is 0.519 e. The monoisotopic (exact) mass is 423 g/mol. The number of nitrogens with one attached hydrogen (secondary N) is 1. The Hall–Kier alpha value is -3.43. The summed E-state index contributed by atoms with van der Waals surface area (Å²) in [4.78, 5) is 36.3. The van der Waals surface area contributed by atoms with Gasteiger partial charge in [0.25, 0.3) is 0 Å². The summed E-state index contributed by atoms with van der Waals surface area (Å²) in [5.74, 6) is -2.27. The predicted octanol–water partition coefficient (Wildman–Crippen LogP) is 2.52. The Bertz CT molecular complexity index is 983. The molecule has 0 spiro atoms. The van der Waals surface area contributed by atoms with Crippen LogP contribution in [0.15, 0.2) is 31.8 Å². The molecule has 30 heavy (non-hydrogen) atoms. The highest BCUT2D eigenvalue weighted by Crippen LogP contribution is 2.27. The molecule has 0 saturated heterocycles. The molecule has 10 heteroatoms. The van der Waals surface area contributed by atoms with Gasteiger partial charge in [-0.25, -0.2) is 14.4 Å². The van der Waals surface area contributed by atoms with Crippen molar-refractivity contribution in [1.82, 2.24) is 5.32 Å². The number of hydrogen-bond donors (Lipinski definition) is 3. The zero-order valence-corrected chi connectivity index (χ0v) is 17.4. The minimum atomic E-state index is -1.61. The number of benzene rings is 1. The molecule has 0 aliphatic heterocycles. The molecule has 0 fully saturated rings. The van der Waals surface area contributed by atoms with Crippen LogP contribution < -0.4 is 11.1 Å². The zero-order valence-electron chi connectivity index (χ0n) is 17.4. The highest BCUT2D eigenvalue weighted by atomic mass is 16.6. The van der Waals surface area contributed by atoms with Gasteiger partial charge >= 0.3 is 17.9 Å². The molecular weight excluding hydrogens is 398 g/mol. The Morgan fingerprint density at radius 3 is 2.30 bits per heavy atom. The maximum absolute atomic E-state index is 12.9. The van der Waals surface area contributed by atoms with Crippen molar-refractivity contribution in [1.29, 1.82) is 0 Å². The fraction of sp³-hybridized carbons (Fsp3) is 0.450. The molecule has 2 aromatic rings. The van der Waals surface area contributed by atoms with Crippen molar-refractivity contribution in [3.63, 3.8) is 0 Å². The third kappa shape index (κ3) is 6.03. The number of carbonyl (C=O) groups is 2. The average Bonchev–Trinajstić information content (AvgIpc) is 2.91. The summed E-state index contributed by atoms with van der Waals surface area (Å²) in [5, 5.41) is 21.7. The molecule has 1 amide bonds. The standard InChI is InChI=1S/C20H25NO9/c1-11-15(29-18(26)28-11)10-27-16(24)20(5,21-17(25)30-19(2,3)4)9-12-6-7-13(22)14(23)8-12/h6-8,22-23H,9-10H2,1-5H3,(H,21,25)/t20-/m0/s1. The lowest BCUT2D eigenvalue weighted by Crippen LogP contribution is -2.55. The van der Waals surface area contributed by atoms with Crippen LogP contribution in [0, 0.1) is 6.92 Å². The van der Waals surface area contributed by atoms with E-state index in [2.05, 4.69) is 5.32 Å². The van der Waals surface area contributed by atoms with E-state index >= 15 is 0 Å². The van der Waals surface area contributed by atoms with Gasteiger partial charge in [-0.05, 0) is 52.3 Å². The number of aryl methyl sites for hydroxylation is 1. The van der Waals surface area contributed by atoms with E-state index in [1.165, 1.54) is 32.0 Å². The van der Waals surface area contributed by atoms with Gasteiger partial charge in [-0.2, -0.15) is 0 Å². The van der Waals surface area contributed by atoms with Crippen molar-refractivity contribution >= 4 is 12.1 Å². The maximum atomic E-state index is 12.9. The fourth-order valence-corrected chi connectivity index (χ4v) is 2.58. The fourth-order valence-electron chi connectivity index (χ4n) is 2.58. The summed E-state index contributed by atoms with van der Waals surface area (Å²) in [6, 6.07) is 4.00. The SMILES string of the molecule is Cc1oc(=O)oc1COC(=O)[C@](C)(Cc1ccc(O)c(O)c1)NC(=O)OC(C)(C)C. The van der Waals surface area contributed by atoms with Crippen molar-refractivity contribution < 1.29 is 38.1 Å². The average molecular weight is 423 g/mol. The summed E-state index contributed by atoms with van der Waals surface area (Å²) in [6.07, 6.45) is -0.941. The van der Waals surface area contributed by atoms with Gasteiger partial charge in [-0.3, -0.25) is 0 Å². The first kappa shape index (κ1) is 22.9. The highest BCUT2D eigenvalue weighted by molar-refractivity contribution is 5.85. The van der Waals surface area contributed by atoms with Crippen molar-refractivity contribution in [2.24, 2.45) is 0 Å². The van der Waals surface area contributed by atoms with E-state index in [1.54, 1.807) is 20.8 Å². The first-order valence-electron chi connectivity index (χ1n) is 9.08. The number of alkyl carbamates (subject to hydrolysis) is 1. The molecule has 1 aromatic heterocycles. The first-order chi connectivity index (χ1) is 13.8. The summed E-state index contributed by atoms with van der Waals surface area (Å²) in [6.45, 7) is 7.52. The zero-order chi connectivity index (χ0) is 22.7. The number of amides is 1. The molecule has 0 unspecified atom stereocenters. The minimum Gasteiger partial charge on any atom is -0.504 e. The summed E-state index contributed by atoms with van der Waals surface area (Å²) in [7, 11) is 0. The van der Waals surface area contributed by atoms with Crippen molar-refractivity contribution in [3.05, 3.63) is 45.9 Å². The van der Waals surface area contributed by atoms with Crippen LogP contribution in [0.2, 0.25) is 0 Å². The minimum absolute atomic E-state index is 0.0373. The molecule has 0 aliphatic carbocycles. The van der Waals surface area contributed by atoms with Crippen LogP contribution in [0.25, 0.3) is 0 Å². The molecule has 0 bridgehead atoms. The molecule has 3 N–H and O–H groups in total. The normalized spacial score (nSPS) is 13.4. The molecule has 1 atom stereocenters. The Morgan fingerprint density at radius 2 is 1.77 bits per heavy atom. The van der Waals surface area contributed by atoms with E-state index in [1.807, 2.05) is 0 Å². The van der Waals surface area contributed by atoms with Crippen molar-refractivity contribution in [2.45, 2.75) is 58.8 Å². The van der Waals surface area contributed by atoms with Crippen LogP contribution in [0.5, 0.6) is 11.5 Å².